The fourth-order valence-corrected chi connectivity index (χ4v) is 2.46. The highest BCUT2D eigenvalue weighted by atomic mass is 16.5. The Labute approximate surface area is 148 Å². The first-order valence-corrected chi connectivity index (χ1v) is 8.32. The molecular formula is C20H24N2O3. The summed E-state index contributed by atoms with van der Waals surface area (Å²) in [6, 6.07) is 12.7. The summed E-state index contributed by atoms with van der Waals surface area (Å²) in [4.78, 5) is 24.3. The lowest BCUT2D eigenvalue weighted by molar-refractivity contribution is -0.136. The number of benzene rings is 2. The van der Waals surface area contributed by atoms with E-state index < -0.39 is 11.8 Å². The summed E-state index contributed by atoms with van der Waals surface area (Å²) in [6.07, 6.45) is 0. The van der Waals surface area contributed by atoms with Crippen LogP contribution in [0.4, 0.5) is 5.69 Å². The summed E-state index contributed by atoms with van der Waals surface area (Å²) < 4.78 is 5.61. The lowest BCUT2D eigenvalue weighted by atomic mass is 10.0. The molecule has 0 aliphatic carbocycles. The molecule has 5 heteroatoms. The second-order valence-corrected chi connectivity index (χ2v) is 5.99. The molecule has 0 fully saturated rings. The molecule has 2 aromatic rings. The van der Waals surface area contributed by atoms with E-state index in [1.165, 1.54) is 0 Å². The largest absolute Gasteiger partial charge is 0.494 e. The topological polar surface area (TPSA) is 67.4 Å². The van der Waals surface area contributed by atoms with Gasteiger partial charge >= 0.3 is 11.8 Å². The lowest BCUT2D eigenvalue weighted by Crippen LogP contribution is -2.37. The SMILES string of the molecule is CCOc1ccc(C)cc1C(C)NC(=O)C(=O)Nc1ccc(C)cc1. The molecule has 2 amide bonds. The summed E-state index contributed by atoms with van der Waals surface area (Å²) in [7, 11) is 0. The first-order valence-electron chi connectivity index (χ1n) is 8.32. The molecule has 0 aliphatic rings. The molecule has 0 aliphatic heterocycles. The highest BCUT2D eigenvalue weighted by molar-refractivity contribution is 6.39. The molecule has 0 saturated heterocycles. The van der Waals surface area contributed by atoms with Gasteiger partial charge in [0.15, 0.2) is 0 Å². The van der Waals surface area contributed by atoms with Crippen LogP contribution in [0.3, 0.4) is 0 Å². The van der Waals surface area contributed by atoms with Crippen LogP contribution in [0.15, 0.2) is 42.5 Å². The van der Waals surface area contributed by atoms with Crippen molar-refractivity contribution in [3.05, 3.63) is 59.2 Å². The Hall–Kier alpha value is -2.82. The molecule has 0 bridgehead atoms. The van der Waals surface area contributed by atoms with Gasteiger partial charge in [0, 0.05) is 11.3 Å². The lowest BCUT2D eigenvalue weighted by Gasteiger charge is -2.18. The predicted molar refractivity (Wildman–Crippen MR) is 98.7 cm³/mol. The second-order valence-electron chi connectivity index (χ2n) is 5.99. The van der Waals surface area contributed by atoms with Gasteiger partial charge in [0.1, 0.15) is 5.75 Å². The number of rotatable bonds is 5. The van der Waals surface area contributed by atoms with Crippen LogP contribution in [0.2, 0.25) is 0 Å². The fraction of sp³-hybridized carbons (Fsp3) is 0.300. The Balaban J connectivity index is 2.05. The number of hydrogen-bond donors (Lipinski definition) is 2. The Kier molecular flexibility index (Phi) is 6.17. The fourth-order valence-electron chi connectivity index (χ4n) is 2.46. The summed E-state index contributed by atoms with van der Waals surface area (Å²) >= 11 is 0. The third-order valence-corrected chi connectivity index (χ3v) is 3.79. The monoisotopic (exact) mass is 340 g/mol. The minimum atomic E-state index is -0.693. The van der Waals surface area contributed by atoms with Gasteiger partial charge in [-0.1, -0.05) is 35.4 Å². The number of carbonyl (C=O) groups is 2. The molecule has 0 spiro atoms. The molecule has 2 N–H and O–H groups in total. The molecule has 0 radical (unpaired) electrons. The number of carbonyl (C=O) groups excluding carboxylic acids is 2. The van der Waals surface area contributed by atoms with Crippen LogP contribution in [0.25, 0.3) is 0 Å². The van der Waals surface area contributed by atoms with E-state index in [9.17, 15) is 9.59 Å². The summed E-state index contributed by atoms with van der Waals surface area (Å²) in [5.74, 6) is -0.668. The van der Waals surface area contributed by atoms with Gasteiger partial charge in [-0.3, -0.25) is 9.59 Å². The molecule has 1 unspecified atom stereocenters. The molecular weight excluding hydrogens is 316 g/mol. The van der Waals surface area contributed by atoms with Crippen LogP contribution >= 0.6 is 0 Å². The van der Waals surface area contributed by atoms with Crippen LogP contribution in [0, 0.1) is 13.8 Å². The Morgan fingerprint density at radius 1 is 1.00 bits per heavy atom. The molecule has 2 aromatic carbocycles. The quantitative estimate of drug-likeness (QED) is 0.819. The Morgan fingerprint density at radius 2 is 1.64 bits per heavy atom. The van der Waals surface area contributed by atoms with Gasteiger partial charge in [0.25, 0.3) is 0 Å². The molecule has 5 nitrogen and oxygen atoms in total. The number of ether oxygens (including phenoxy) is 1. The van der Waals surface area contributed by atoms with Crippen molar-refractivity contribution in [3.63, 3.8) is 0 Å². The summed E-state index contributed by atoms with van der Waals surface area (Å²) in [6.45, 7) is 8.19. The van der Waals surface area contributed by atoms with Crippen molar-refractivity contribution in [3.8, 4) is 5.75 Å². The van der Waals surface area contributed by atoms with E-state index in [1.807, 2.05) is 58.0 Å². The zero-order valence-electron chi connectivity index (χ0n) is 15.1. The smallest absolute Gasteiger partial charge is 0.313 e. The Morgan fingerprint density at radius 3 is 2.28 bits per heavy atom. The zero-order valence-corrected chi connectivity index (χ0v) is 15.1. The van der Waals surface area contributed by atoms with E-state index >= 15 is 0 Å². The average molecular weight is 340 g/mol. The van der Waals surface area contributed by atoms with E-state index in [2.05, 4.69) is 10.6 Å². The second kappa shape index (κ2) is 8.33. The van der Waals surface area contributed by atoms with Gasteiger partial charge in [-0.15, -0.1) is 0 Å². The predicted octanol–water partition coefficient (Wildman–Crippen LogP) is 3.52. The van der Waals surface area contributed by atoms with Crippen molar-refractivity contribution < 1.29 is 14.3 Å². The first kappa shape index (κ1) is 18.5. The minimum Gasteiger partial charge on any atom is -0.494 e. The summed E-state index contributed by atoms with van der Waals surface area (Å²) in [5, 5.41) is 5.32. The van der Waals surface area contributed by atoms with Crippen molar-refractivity contribution in [2.24, 2.45) is 0 Å². The van der Waals surface area contributed by atoms with E-state index in [1.54, 1.807) is 12.1 Å². The van der Waals surface area contributed by atoms with E-state index in [4.69, 9.17) is 4.74 Å². The molecule has 0 saturated carbocycles. The van der Waals surface area contributed by atoms with Gasteiger partial charge in [0.2, 0.25) is 0 Å². The normalized spacial score (nSPS) is 11.5. The van der Waals surface area contributed by atoms with E-state index in [0.29, 0.717) is 18.0 Å². The minimum absolute atomic E-state index is 0.349. The van der Waals surface area contributed by atoms with Gasteiger partial charge in [-0.25, -0.2) is 0 Å². The van der Waals surface area contributed by atoms with Gasteiger partial charge in [-0.05, 0) is 45.9 Å². The van der Waals surface area contributed by atoms with Crippen molar-refractivity contribution >= 4 is 17.5 Å². The molecule has 25 heavy (non-hydrogen) atoms. The highest BCUT2D eigenvalue weighted by Crippen LogP contribution is 2.26. The molecule has 132 valence electrons. The summed E-state index contributed by atoms with van der Waals surface area (Å²) in [5.41, 5.74) is 3.57. The molecule has 0 aromatic heterocycles. The third-order valence-electron chi connectivity index (χ3n) is 3.79. The van der Waals surface area contributed by atoms with Crippen LogP contribution in [0.5, 0.6) is 5.75 Å². The molecule has 1 atom stereocenters. The number of nitrogens with one attached hydrogen (secondary N) is 2. The third kappa shape index (κ3) is 5.08. The number of aryl methyl sites for hydroxylation is 2. The van der Waals surface area contributed by atoms with E-state index in [0.717, 1.165) is 16.7 Å². The first-order chi connectivity index (χ1) is 11.9. The zero-order chi connectivity index (χ0) is 18.4. The number of anilines is 1. The van der Waals surface area contributed by atoms with Crippen molar-refractivity contribution in [1.82, 2.24) is 5.32 Å². The number of hydrogen-bond acceptors (Lipinski definition) is 3. The standard InChI is InChI=1S/C20H24N2O3/c1-5-25-18-11-8-14(3)12-17(18)15(4)21-19(23)20(24)22-16-9-6-13(2)7-10-16/h6-12,15H,5H2,1-4H3,(H,21,23)(H,22,24). The van der Waals surface area contributed by atoms with E-state index in [-0.39, 0.29) is 6.04 Å². The van der Waals surface area contributed by atoms with Crippen LogP contribution in [-0.4, -0.2) is 18.4 Å². The van der Waals surface area contributed by atoms with Crippen LogP contribution in [-0.2, 0) is 9.59 Å². The molecule has 2 rings (SSSR count). The van der Waals surface area contributed by atoms with Gasteiger partial charge in [0.05, 0.1) is 12.6 Å². The van der Waals surface area contributed by atoms with Crippen molar-refractivity contribution in [1.29, 1.82) is 0 Å². The van der Waals surface area contributed by atoms with Crippen LogP contribution in [0.1, 0.15) is 36.6 Å². The average Bonchev–Trinajstić information content (AvgIpc) is 2.58. The maximum atomic E-state index is 12.2. The molecule has 0 heterocycles. The van der Waals surface area contributed by atoms with Gasteiger partial charge < -0.3 is 15.4 Å². The number of amides is 2. The highest BCUT2D eigenvalue weighted by Gasteiger charge is 2.19. The van der Waals surface area contributed by atoms with Crippen LogP contribution < -0.4 is 15.4 Å². The van der Waals surface area contributed by atoms with Gasteiger partial charge in [-0.2, -0.15) is 0 Å². The Bertz CT molecular complexity index is 754. The van der Waals surface area contributed by atoms with Crippen molar-refractivity contribution in [2.75, 3.05) is 11.9 Å². The maximum Gasteiger partial charge on any atom is 0.313 e. The van der Waals surface area contributed by atoms with Crippen molar-refractivity contribution in [2.45, 2.75) is 33.7 Å². The maximum absolute atomic E-state index is 12.2.